The smallest absolute Gasteiger partial charge is 0.240 e. The second-order valence-corrected chi connectivity index (χ2v) is 8.32. The average molecular weight is 375 g/mol. The molecule has 1 aromatic rings. The molecule has 1 atom stereocenters. The molecule has 0 aromatic heterocycles. The third-order valence-electron chi connectivity index (χ3n) is 4.05. The summed E-state index contributed by atoms with van der Waals surface area (Å²) in [4.78, 5) is 14.1. The monoisotopic (exact) mass is 374 g/mol. The molecule has 1 aliphatic heterocycles. The van der Waals surface area contributed by atoms with Gasteiger partial charge in [0.2, 0.25) is 15.9 Å². The van der Waals surface area contributed by atoms with Crippen molar-refractivity contribution in [1.82, 2.24) is 9.21 Å². The first-order chi connectivity index (χ1) is 11.3. The number of ether oxygens (including phenoxy) is 1. The van der Waals surface area contributed by atoms with Crippen molar-refractivity contribution in [3.63, 3.8) is 0 Å². The minimum atomic E-state index is -3.38. The minimum absolute atomic E-state index is 0.181. The molecule has 0 bridgehead atoms. The van der Waals surface area contributed by atoms with E-state index in [4.69, 9.17) is 16.3 Å². The van der Waals surface area contributed by atoms with Crippen molar-refractivity contribution in [2.24, 2.45) is 0 Å². The Hall–Kier alpha value is -1.31. The first-order valence-electron chi connectivity index (χ1n) is 7.89. The van der Waals surface area contributed by atoms with Gasteiger partial charge in [0.15, 0.2) is 0 Å². The molecule has 0 saturated carbocycles. The van der Waals surface area contributed by atoms with Crippen molar-refractivity contribution in [3.05, 3.63) is 29.3 Å². The fourth-order valence-electron chi connectivity index (χ4n) is 2.74. The number of likely N-dealkylation sites (N-methyl/N-ethyl adjacent to an activating group) is 1. The second-order valence-electron chi connectivity index (χ2n) is 5.95. The van der Waals surface area contributed by atoms with E-state index in [2.05, 4.69) is 0 Å². The standard InChI is InChI=1S/C16H23ClN2O4S/c1-18(11-12-23-14-8-6-13(17)7-9-14)16(20)15-5-3-4-10-19(15)24(2,21)22/h6-9,15H,3-5,10-12H2,1-2H3. The zero-order valence-electron chi connectivity index (χ0n) is 13.9. The number of hydrogen-bond donors (Lipinski definition) is 0. The largest absolute Gasteiger partial charge is 0.492 e. The summed E-state index contributed by atoms with van der Waals surface area (Å²) >= 11 is 5.81. The fourth-order valence-corrected chi connectivity index (χ4v) is 3.99. The van der Waals surface area contributed by atoms with Gasteiger partial charge in [-0.1, -0.05) is 18.0 Å². The Morgan fingerprint density at radius 3 is 2.62 bits per heavy atom. The van der Waals surface area contributed by atoms with E-state index in [-0.39, 0.29) is 5.91 Å². The Bertz CT molecular complexity index is 663. The van der Waals surface area contributed by atoms with Crippen LogP contribution in [0.2, 0.25) is 5.02 Å². The maximum atomic E-state index is 12.6. The van der Waals surface area contributed by atoms with Crippen LogP contribution in [-0.4, -0.2) is 62.6 Å². The Morgan fingerprint density at radius 1 is 1.33 bits per heavy atom. The van der Waals surface area contributed by atoms with E-state index in [0.29, 0.717) is 36.9 Å². The first-order valence-corrected chi connectivity index (χ1v) is 10.1. The van der Waals surface area contributed by atoms with E-state index in [9.17, 15) is 13.2 Å². The normalized spacial score (nSPS) is 19.0. The molecule has 1 aromatic carbocycles. The zero-order chi connectivity index (χ0) is 17.7. The van der Waals surface area contributed by atoms with E-state index < -0.39 is 16.1 Å². The quantitative estimate of drug-likeness (QED) is 0.763. The van der Waals surface area contributed by atoms with Crippen LogP contribution in [0.15, 0.2) is 24.3 Å². The summed E-state index contributed by atoms with van der Waals surface area (Å²) in [7, 11) is -1.71. The molecule has 0 spiro atoms. The van der Waals surface area contributed by atoms with Crippen LogP contribution in [0.25, 0.3) is 0 Å². The zero-order valence-corrected chi connectivity index (χ0v) is 15.5. The summed E-state index contributed by atoms with van der Waals surface area (Å²) in [5.74, 6) is 0.496. The molecular formula is C16H23ClN2O4S. The SMILES string of the molecule is CN(CCOc1ccc(Cl)cc1)C(=O)C1CCCCN1S(C)(=O)=O. The van der Waals surface area contributed by atoms with E-state index in [1.807, 2.05) is 0 Å². The summed E-state index contributed by atoms with van der Waals surface area (Å²) < 4.78 is 30.6. The number of rotatable bonds is 6. The highest BCUT2D eigenvalue weighted by Gasteiger charge is 2.35. The van der Waals surface area contributed by atoms with Gasteiger partial charge in [-0.05, 0) is 37.1 Å². The first kappa shape index (κ1) is 19.0. The predicted molar refractivity (Wildman–Crippen MR) is 93.8 cm³/mol. The molecule has 0 N–H and O–H groups in total. The second kappa shape index (κ2) is 8.18. The topological polar surface area (TPSA) is 66.9 Å². The number of hydrogen-bond acceptors (Lipinski definition) is 4. The van der Waals surface area contributed by atoms with E-state index in [0.717, 1.165) is 19.1 Å². The van der Waals surface area contributed by atoms with Crippen molar-refractivity contribution in [3.8, 4) is 5.75 Å². The summed E-state index contributed by atoms with van der Waals surface area (Å²) in [6, 6.07) is 6.39. The average Bonchev–Trinajstić information content (AvgIpc) is 2.55. The lowest BCUT2D eigenvalue weighted by Crippen LogP contribution is -2.52. The molecule has 0 radical (unpaired) electrons. The van der Waals surface area contributed by atoms with Gasteiger partial charge < -0.3 is 9.64 Å². The predicted octanol–water partition coefficient (Wildman–Crippen LogP) is 1.99. The number of benzene rings is 1. The van der Waals surface area contributed by atoms with Crippen LogP contribution < -0.4 is 4.74 Å². The lowest BCUT2D eigenvalue weighted by atomic mass is 10.0. The van der Waals surface area contributed by atoms with Crippen molar-refractivity contribution in [2.75, 3.05) is 33.0 Å². The molecule has 1 aliphatic rings. The van der Waals surface area contributed by atoms with Gasteiger partial charge >= 0.3 is 0 Å². The molecule has 8 heteroatoms. The highest BCUT2D eigenvalue weighted by Crippen LogP contribution is 2.21. The molecule has 24 heavy (non-hydrogen) atoms. The summed E-state index contributed by atoms with van der Waals surface area (Å²) in [6.07, 6.45) is 3.37. The molecule has 134 valence electrons. The molecule has 1 unspecified atom stereocenters. The van der Waals surface area contributed by atoms with Crippen LogP contribution in [0.3, 0.4) is 0 Å². The molecule has 2 rings (SSSR count). The lowest BCUT2D eigenvalue weighted by molar-refractivity contribution is -0.135. The highest BCUT2D eigenvalue weighted by molar-refractivity contribution is 7.88. The molecule has 0 aliphatic carbocycles. The van der Waals surface area contributed by atoms with Crippen LogP contribution >= 0.6 is 11.6 Å². The van der Waals surface area contributed by atoms with Gasteiger partial charge in [-0.3, -0.25) is 4.79 Å². The van der Waals surface area contributed by atoms with Gasteiger partial charge in [-0.2, -0.15) is 4.31 Å². The van der Waals surface area contributed by atoms with E-state index in [1.165, 1.54) is 9.21 Å². The molecule has 1 fully saturated rings. The molecule has 1 amide bonds. The van der Waals surface area contributed by atoms with E-state index >= 15 is 0 Å². The van der Waals surface area contributed by atoms with Crippen molar-refractivity contribution in [1.29, 1.82) is 0 Å². The van der Waals surface area contributed by atoms with Crippen LogP contribution in [0.4, 0.5) is 0 Å². The molecule has 6 nitrogen and oxygen atoms in total. The van der Waals surface area contributed by atoms with Crippen LogP contribution in [0.5, 0.6) is 5.75 Å². The number of nitrogens with zero attached hydrogens (tertiary/aromatic N) is 2. The maximum Gasteiger partial charge on any atom is 0.240 e. The van der Waals surface area contributed by atoms with Crippen molar-refractivity contribution < 1.29 is 17.9 Å². The van der Waals surface area contributed by atoms with Gasteiger partial charge in [0.05, 0.1) is 12.8 Å². The number of piperidine rings is 1. The summed E-state index contributed by atoms with van der Waals surface area (Å²) in [5.41, 5.74) is 0. The van der Waals surface area contributed by atoms with Gasteiger partial charge in [0.25, 0.3) is 0 Å². The highest BCUT2D eigenvalue weighted by atomic mass is 35.5. The Balaban J connectivity index is 1.89. The van der Waals surface area contributed by atoms with E-state index in [1.54, 1.807) is 31.3 Å². The van der Waals surface area contributed by atoms with Crippen LogP contribution in [0, 0.1) is 0 Å². The van der Waals surface area contributed by atoms with Gasteiger partial charge in [0, 0.05) is 18.6 Å². The number of carbonyl (C=O) groups excluding carboxylic acids is 1. The maximum absolute atomic E-state index is 12.6. The molecule has 1 saturated heterocycles. The Kier molecular flexibility index (Phi) is 6.48. The van der Waals surface area contributed by atoms with Gasteiger partial charge in [0.1, 0.15) is 18.4 Å². The van der Waals surface area contributed by atoms with Gasteiger partial charge in [-0.15, -0.1) is 0 Å². The summed E-state index contributed by atoms with van der Waals surface area (Å²) in [5, 5.41) is 0.632. The Morgan fingerprint density at radius 2 is 2.00 bits per heavy atom. The Labute approximate surface area is 148 Å². The third-order valence-corrected chi connectivity index (χ3v) is 5.59. The summed E-state index contributed by atoms with van der Waals surface area (Å²) in [6.45, 7) is 1.12. The third kappa shape index (κ3) is 5.09. The number of halogens is 1. The lowest BCUT2D eigenvalue weighted by Gasteiger charge is -2.34. The van der Waals surface area contributed by atoms with Gasteiger partial charge in [-0.25, -0.2) is 8.42 Å². The number of sulfonamides is 1. The number of amides is 1. The van der Waals surface area contributed by atoms with Crippen molar-refractivity contribution >= 4 is 27.5 Å². The minimum Gasteiger partial charge on any atom is -0.492 e. The van der Waals surface area contributed by atoms with Crippen molar-refractivity contribution in [2.45, 2.75) is 25.3 Å². The van der Waals surface area contributed by atoms with Crippen LogP contribution in [-0.2, 0) is 14.8 Å². The molecular weight excluding hydrogens is 352 g/mol. The fraction of sp³-hybridized carbons (Fsp3) is 0.562. The van der Waals surface area contributed by atoms with Crippen LogP contribution in [0.1, 0.15) is 19.3 Å². The number of carbonyl (C=O) groups is 1. The molecule has 1 heterocycles.